The van der Waals surface area contributed by atoms with Gasteiger partial charge in [-0.25, -0.2) is 4.79 Å². The number of pyridine rings is 1. The highest BCUT2D eigenvalue weighted by Crippen LogP contribution is 2.23. The first kappa shape index (κ1) is 86.9. The van der Waals surface area contributed by atoms with Crippen molar-refractivity contribution in [3.05, 3.63) is 178 Å². The lowest BCUT2D eigenvalue weighted by molar-refractivity contribution is -0.142. The van der Waals surface area contributed by atoms with Crippen LogP contribution in [0.5, 0.6) is 0 Å². The van der Waals surface area contributed by atoms with Crippen LogP contribution in [0.2, 0.25) is 5.02 Å². The number of anilines is 1. The van der Waals surface area contributed by atoms with Gasteiger partial charge in [0.05, 0.1) is 6.61 Å². The molecule has 0 spiro atoms. The van der Waals surface area contributed by atoms with Gasteiger partial charge < -0.3 is 85.3 Å². The Balaban J connectivity index is 1.18. The number of nitrogens with zero attached hydrogens (tertiary/aromatic N) is 2. The third kappa shape index (κ3) is 28.5. The van der Waals surface area contributed by atoms with Crippen molar-refractivity contribution >= 4 is 105 Å². The van der Waals surface area contributed by atoms with E-state index in [4.69, 9.17) is 23.1 Å². The van der Waals surface area contributed by atoms with E-state index in [-0.39, 0.29) is 82.3 Å². The van der Waals surface area contributed by atoms with Crippen molar-refractivity contribution in [3.8, 4) is 0 Å². The molecule has 14 amide bonds. The van der Waals surface area contributed by atoms with E-state index in [0.717, 1.165) is 10.8 Å². The van der Waals surface area contributed by atoms with Gasteiger partial charge in [0.2, 0.25) is 70.9 Å². The van der Waals surface area contributed by atoms with Gasteiger partial charge in [0.25, 0.3) is 0 Å². The van der Waals surface area contributed by atoms with E-state index in [9.17, 15) is 57.8 Å². The van der Waals surface area contributed by atoms with Gasteiger partial charge >= 0.3 is 6.03 Å². The van der Waals surface area contributed by atoms with Crippen molar-refractivity contribution in [1.29, 1.82) is 0 Å². The maximum absolute atomic E-state index is 15.3. The average molecular weight is 1550 g/mol. The van der Waals surface area contributed by atoms with Gasteiger partial charge in [-0.2, -0.15) is 0 Å². The molecule has 594 valence electrons. The van der Waals surface area contributed by atoms with Crippen molar-refractivity contribution in [1.82, 2.24) is 68.4 Å². The summed E-state index contributed by atoms with van der Waals surface area (Å²) in [5, 5.41) is 46.3. The lowest BCUT2D eigenvalue weighted by atomic mass is 9.99. The number of likely N-dealkylation sites (tertiary alicyclic amines) is 1. The summed E-state index contributed by atoms with van der Waals surface area (Å²) >= 11 is 6.26. The second-order valence-electron chi connectivity index (χ2n) is 28.5. The molecule has 7 rings (SSSR count). The average Bonchev–Trinajstić information content (AvgIpc) is 1.79. The first-order valence-corrected chi connectivity index (χ1v) is 37.5. The Labute approximate surface area is 650 Å². The molecule has 1 aliphatic heterocycles. The summed E-state index contributed by atoms with van der Waals surface area (Å²) in [6.45, 7) is 11.3. The Hall–Kier alpha value is -11.4. The number of hydrogen-bond donors (Lipinski definition) is 15. The number of unbranched alkanes of at least 4 members (excludes halogenated alkanes) is 1. The second-order valence-corrected chi connectivity index (χ2v) is 29.0. The molecule has 111 heavy (non-hydrogen) atoms. The number of primary amides is 2. The fraction of sp³-hybridized carbons (Fsp3) is 0.425. The summed E-state index contributed by atoms with van der Waals surface area (Å²) in [6.07, 6.45) is 3.90. The zero-order chi connectivity index (χ0) is 80.8. The van der Waals surface area contributed by atoms with E-state index in [2.05, 4.69) is 68.8 Å². The van der Waals surface area contributed by atoms with Crippen molar-refractivity contribution < 1.29 is 67.4 Å². The normalized spacial score (nSPS) is 15.0. The molecule has 17 N–H and O–H groups in total. The number of aliphatic hydroxyl groups excluding tert-OH is 1. The first-order valence-electron chi connectivity index (χ1n) is 37.1. The number of rotatable bonds is 41. The molecule has 10 atom stereocenters. The van der Waals surface area contributed by atoms with Crippen molar-refractivity contribution in [2.45, 2.75) is 192 Å². The highest BCUT2D eigenvalue weighted by atomic mass is 35.5. The highest BCUT2D eigenvalue weighted by Gasteiger charge is 2.40. The van der Waals surface area contributed by atoms with Crippen molar-refractivity contribution in [2.24, 2.45) is 17.4 Å². The van der Waals surface area contributed by atoms with Gasteiger partial charge in [-0.1, -0.05) is 136 Å². The third-order valence-electron chi connectivity index (χ3n) is 18.5. The van der Waals surface area contributed by atoms with Crippen LogP contribution in [0.3, 0.4) is 0 Å². The Kier molecular flexibility index (Phi) is 33.8. The number of carbonyl (C=O) groups is 13. The summed E-state index contributed by atoms with van der Waals surface area (Å²) in [5.41, 5.74) is 14.4. The molecular weight excluding hydrogens is 1440 g/mol. The Bertz CT molecular complexity index is 4210. The maximum atomic E-state index is 15.3. The Morgan fingerprint density at radius 1 is 0.514 bits per heavy atom. The lowest BCUT2D eigenvalue weighted by Gasteiger charge is -2.31. The van der Waals surface area contributed by atoms with E-state index in [1.54, 1.807) is 84.9 Å². The largest absolute Gasteiger partial charge is 0.394 e. The molecule has 1 aliphatic rings. The summed E-state index contributed by atoms with van der Waals surface area (Å²) in [5.74, 6) is -9.46. The number of urea groups is 1. The lowest BCUT2D eigenvalue weighted by Crippen LogP contribution is -2.62. The van der Waals surface area contributed by atoms with Crippen LogP contribution in [0.15, 0.2) is 140 Å². The van der Waals surface area contributed by atoms with Crippen LogP contribution >= 0.6 is 11.6 Å². The van der Waals surface area contributed by atoms with Gasteiger partial charge in [0, 0.05) is 88.2 Å². The van der Waals surface area contributed by atoms with Gasteiger partial charge in [0.15, 0.2) is 0 Å². The molecule has 0 unspecified atom stereocenters. The molecule has 1 aromatic heterocycles. The molecule has 0 radical (unpaired) electrons. The van der Waals surface area contributed by atoms with E-state index in [1.807, 2.05) is 70.2 Å². The molecule has 0 saturated carbocycles. The fourth-order valence-electron chi connectivity index (χ4n) is 12.7. The van der Waals surface area contributed by atoms with Crippen LogP contribution in [-0.4, -0.2) is 178 Å². The number of halogens is 1. The minimum atomic E-state index is -1.86. The van der Waals surface area contributed by atoms with Crippen LogP contribution in [0.25, 0.3) is 10.8 Å². The molecular formula is C80H103ClN16O14. The SMILES string of the molecule is CC(=O)Nc1ccc(C[C@H](NC(=O)[C@H](CO)NC(=O)[C@@H](Cc2cccnc2)NC(=O)[C@@H](Cc2ccc(Cl)cc2)NC(=O)[C@@H](Cc2ccc3ccccc3c2)NC(C)=O)C(=O)N[C@H](Cc2ccc(CNC(N)=O)cc2)C(=O)N[C@@H](CC(C)C)C(=O)N[C@@H](CCCCNC(C)C)C(=O)N2CCC[C@H]2C(=O)N[C@H](C)C(N)=O)cc1. The minimum Gasteiger partial charge on any atom is -0.394 e. The van der Waals surface area contributed by atoms with Gasteiger partial charge in [-0.3, -0.25) is 62.5 Å². The maximum Gasteiger partial charge on any atom is 0.312 e. The van der Waals surface area contributed by atoms with Gasteiger partial charge in [-0.05, 0) is 132 Å². The summed E-state index contributed by atoms with van der Waals surface area (Å²) in [7, 11) is 0. The molecule has 31 heteroatoms. The Morgan fingerprint density at radius 3 is 1.50 bits per heavy atom. The van der Waals surface area contributed by atoms with E-state index < -0.39 is 138 Å². The number of fused-ring (bicyclic) bond motifs is 1. The molecule has 1 fully saturated rings. The number of hydrogen-bond acceptors (Lipinski definition) is 16. The van der Waals surface area contributed by atoms with Gasteiger partial charge in [0.1, 0.15) is 60.4 Å². The van der Waals surface area contributed by atoms with E-state index >= 15 is 9.59 Å². The molecule has 0 aliphatic carbocycles. The van der Waals surface area contributed by atoms with Crippen LogP contribution in [-0.2, 0) is 96.2 Å². The third-order valence-corrected chi connectivity index (χ3v) is 18.8. The number of benzene rings is 5. The smallest absolute Gasteiger partial charge is 0.312 e. The first-order chi connectivity index (χ1) is 52.9. The second kappa shape index (κ2) is 43.1. The zero-order valence-corrected chi connectivity index (χ0v) is 64.3. The molecule has 2 heterocycles. The van der Waals surface area contributed by atoms with E-state index in [1.165, 1.54) is 38.1 Å². The monoisotopic (exact) mass is 1550 g/mol. The Morgan fingerprint density at radius 2 is 0.991 bits per heavy atom. The number of nitrogens with two attached hydrogens (primary N) is 2. The number of amides is 14. The van der Waals surface area contributed by atoms with Crippen LogP contribution < -0.4 is 75.3 Å². The quantitative estimate of drug-likeness (QED) is 0.0245. The standard InChI is InChI=1S/C80H103ClN16O14/c1-46(2)36-62(71(102)90-61(17-10-11-34-85-47(3)4)79(110)97-35-13-18-69(97)78(109)87-48(5)70(82)101)91-73(104)64(38-51-19-21-54(22-20-51)44-86-80(83)111)93-75(106)66(40-53-26-31-60(32-27-53)88-49(6)99)95-77(108)68(45-98)96-76(107)67(42-56-14-12-33-84-43-56)94-74(105)65(39-52-24-29-59(81)30-25-52)92-72(103)63(89-50(7)100)41-55-23-28-57-15-8-9-16-58(57)37-55/h8-9,12,14-16,19-33,37,43,46-48,61-69,85,98H,10-11,13,17-18,34-36,38-42,44-45H2,1-7H3,(H2,82,101)(H,87,109)(H,88,99)(H,89,100)(H,90,102)(H,91,104)(H,92,103)(H,93,106)(H,94,105)(H,95,108)(H,96,107)(H3,83,86,111)/t48-,61+,62+,63-,64-,65-,66+,67-,68+,69+/m1/s1. The number of aliphatic hydroxyl groups is 1. The predicted octanol–water partition coefficient (Wildman–Crippen LogP) is 2.61. The highest BCUT2D eigenvalue weighted by molar-refractivity contribution is 6.30. The molecule has 1 saturated heterocycles. The molecule has 5 aromatic carbocycles. The predicted molar refractivity (Wildman–Crippen MR) is 418 cm³/mol. The summed E-state index contributed by atoms with van der Waals surface area (Å²) in [4.78, 5) is 187. The number of nitrogens with one attached hydrogen (secondary N) is 12. The minimum absolute atomic E-state index is 0.0151. The molecule has 6 aromatic rings. The van der Waals surface area contributed by atoms with E-state index in [0.29, 0.717) is 69.9 Å². The summed E-state index contributed by atoms with van der Waals surface area (Å²) < 4.78 is 0. The van der Waals surface area contributed by atoms with Gasteiger partial charge in [-0.15, -0.1) is 0 Å². The number of carbonyl (C=O) groups excluding carboxylic acids is 13. The van der Waals surface area contributed by atoms with Crippen LogP contribution in [0.1, 0.15) is 120 Å². The zero-order valence-electron chi connectivity index (χ0n) is 63.5. The van der Waals surface area contributed by atoms with Crippen molar-refractivity contribution in [2.75, 3.05) is 25.0 Å². The molecule has 30 nitrogen and oxygen atoms in total. The van der Waals surface area contributed by atoms with Crippen LogP contribution in [0.4, 0.5) is 10.5 Å². The van der Waals surface area contributed by atoms with Crippen LogP contribution in [0, 0.1) is 5.92 Å². The fourth-order valence-corrected chi connectivity index (χ4v) is 12.8. The molecule has 0 bridgehead atoms. The topological polar surface area (TPSA) is 455 Å². The van der Waals surface area contributed by atoms with Crippen molar-refractivity contribution in [3.63, 3.8) is 0 Å². The summed E-state index contributed by atoms with van der Waals surface area (Å²) in [6, 6.07) is 21.3. The number of aromatic nitrogens is 1.